The minimum absolute atomic E-state index is 0.0676. The van der Waals surface area contributed by atoms with Gasteiger partial charge in [0.15, 0.2) is 0 Å². The SMILES string of the molecule is CC(C)CC1CN(Cc2nc(C(N)=O)no2)CCO1. The number of aromatic nitrogens is 2. The first-order valence-electron chi connectivity index (χ1n) is 6.51. The third kappa shape index (κ3) is 4.00. The van der Waals surface area contributed by atoms with E-state index in [0.29, 0.717) is 25.0 Å². The van der Waals surface area contributed by atoms with Crippen molar-refractivity contribution in [2.75, 3.05) is 19.7 Å². The van der Waals surface area contributed by atoms with E-state index in [1.165, 1.54) is 0 Å². The third-order valence-electron chi connectivity index (χ3n) is 3.00. The molecule has 1 aliphatic heterocycles. The Morgan fingerprint density at radius 1 is 1.58 bits per heavy atom. The average molecular weight is 268 g/mol. The van der Waals surface area contributed by atoms with Gasteiger partial charge in [-0.2, -0.15) is 4.98 Å². The zero-order valence-electron chi connectivity index (χ0n) is 11.3. The highest BCUT2D eigenvalue weighted by molar-refractivity contribution is 5.88. The highest BCUT2D eigenvalue weighted by atomic mass is 16.5. The van der Waals surface area contributed by atoms with Gasteiger partial charge in [-0.05, 0) is 12.3 Å². The number of hydrogen-bond acceptors (Lipinski definition) is 6. The quantitative estimate of drug-likeness (QED) is 0.831. The topological polar surface area (TPSA) is 94.5 Å². The summed E-state index contributed by atoms with van der Waals surface area (Å²) in [5.74, 6) is 0.283. The molecule has 1 amide bonds. The van der Waals surface area contributed by atoms with E-state index < -0.39 is 5.91 Å². The van der Waals surface area contributed by atoms with Gasteiger partial charge in [0, 0.05) is 13.1 Å². The van der Waals surface area contributed by atoms with Gasteiger partial charge >= 0.3 is 0 Å². The van der Waals surface area contributed by atoms with Crippen LogP contribution >= 0.6 is 0 Å². The van der Waals surface area contributed by atoms with Gasteiger partial charge in [0.25, 0.3) is 11.7 Å². The van der Waals surface area contributed by atoms with E-state index in [-0.39, 0.29) is 11.9 Å². The summed E-state index contributed by atoms with van der Waals surface area (Å²) in [6.07, 6.45) is 1.28. The Hall–Kier alpha value is -1.47. The maximum Gasteiger partial charge on any atom is 0.290 e. The summed E-state index contributed by atoms with van der Waals surface area (Å²) in [6.45, 7) is 7.25. The summed E-state index contributed by atoms with van der Waals surface area (Å²) in [4.78, 5) is 17.0. The number of amides is 1. The average Bonchev–Trinajstić information content (AvgIpc) is 2.77. The van der Waals surface area contributed by atoms with Crippen LogP contribution < -0.4 is 5.73 Å². The highest BCUT2D eigenvalue weighted by Gasteiger charge is 2.23. The zero-order valence-corrected chi connectivity index (χ0v) is 11.3. The first-order chi connectivity index (χ1) is 9.04. The summed E-state index contributed by atoms with van der Waals surface area (Å²) < 4.78 is 10.7. The lowest BCUT2D eigenvalue weighted by Gasteiger charge is -2.32. The van der Waals surface area contributed by atoms with Gasteiger partial charge in [0.1, 0.15) is 0 Å². The van der Waals surface area contributed by atoms with Crippen molar-refractivity contribution >= 4 is 5.91 Å². The Labute approximate surface area is 112 Å². The number of hydrogen-bond donors (Lipinski definition) is 1. The molecule has 0 saturated carbocycles. The van der Waals surface area contributed by atoms with Gasteiger partial charge in [0.2, 0.25) is 5.89 Å². The molecule has 0 bridgehead atoms. The molecule has 2 N–H and O–H groups in total. The van der Waals surface area contributed by atoms with Crippen molar-refractivity contribution in [3.8, 4) is 0 Å². The third-order valence-corrected chi connectivity index (χ3v) is 3.00. The molecule has 106 valence electrons. The molecule has 0 radical (unpaired) electrons. The van der Waals surface area contributed by atoms with Crippen LogP contribution in [0.25, 0.3) is 0 Å². The maximum atomic E-state index is 10.9. The second-order valence-electron chi connectivity index (χ2n) is 5.23. The van der Waals surface area contributed by atoms with Gasteiger partial charge in [-0.3, -0.25) is 9.69 Å². The zero-order chi connectivity index (χ0) is 13.8. The predicted octanol–water partition coefficient (Wildman–Crippen LogP) is 0.415. The molecule has 2 heterocycles. The fourth-order valence-corrected chi connectivity index (χ4v) is 2.20. The van der Waals surface area contributed by atoms with E-state index >= 15 is 0 Å². The van der Waals surface area contributed by atoms with Crippen LogP contribution in [0.4, 0.5) is 0 Å². The van der Waals surface area contributed by atoms with Crippen molar-refractivity contribution in [3.63, 3.8) is 0 Å². The molecule has 1 unspecified atom stereocenters. The first-order valence-corrected chi connectivity index (χ1v) is 6.51. The summed E-state index contributed by atoms with van der Waals surface area (Å²) in [5.41, 5.74) is 5.08. The van der Waals surface area contributed by atoms with Crippen molar-refractivity contribution < 1.29 is 14.1 Å². The van der Waals surface area contributed by atoms with Crippen LogP contribution in [0.3, 0.4) is 0 Å². The Morgan fingerprint density at radius 3 is 3.00 bits per heavy atom. The van der Waals surface area contributed by atoms with Crippen molar-refractivity contribution in [1.82, 2.24) is 15.0 Å². The first kappa shape index (κ1) is 14.0. The normalized spacial score (nSPS) is 20.9. The van der Waals surface area contributed by atoms with Crippen LogP contribution in [0.1, 0.15) is 36.8 Å². The molecule has 1 saturated heterocycles. The lowest BCUT2D eigenvalue weighted by atomic mass is 10.0. The van der Waals surface area contributed by atoms with Crippen molar-refractivity contribution in [3.05, 3.63) is 11.7 Å². The summed E-state index contributed by atoms with van der Waals surface area (Å²) in [6, 6.07) is 0. The van der Waals surface area contributed by atoms with Crippen LogP contribution in [-0.2, 0) is 11.3 Å². The van der Waals surface area contributed by atoms with Gasteiger partial charge in [0.05, 0.1) is 19.3 Å². The lowest BCUT2D eigenvalue weighted by Crippen LogP contribution is -2.42. The van der Waals surface area contributed by atoms with Gasteiger partial charge in [-0.15, -0.1) is 0 Å². The van der Waals surface area contributed by atoms with E-state index in [0.717, 1.165) is 19.5 Å². The van der Waals surface area contributed by atoms with E-state index in [1.54, 1.807) is 0 Å². The number of carbonyl (C=O) groups is 1. The van der Waals surface area contributed by atoms with Gasteiger partial charge in [-0.25, -0.2) is 0 Å². The number of primary amides is 1. The molecule has 0 spiro atoms. The Balaban J connectivity index is 1.89. The molecular weight excluding hydrogens is 248 g/mol. The van der Waals surface area contributed by atoms with Crippen LogP contribution in [-0.4, -0.2) is 46.7 Å². The predicted molar refractivity (Wildman–Crippen MR) is 67.3 cm³/mol. The number of morpholine rings is 1. The molecule has 1 fully saturated rings. The Bertz CT molecular complexity index is 432. The molecule has 0 aromatic carbocycles. The van der Waals surface area contributed by atoms with Crippen molar-refractivity contribution in [2.45, 2.75) is 32.9 Å². The van der Waals surface area contributed by atoms with Crippen LogP contribution in [0, 0.1) is 5.92 Å². The number of carbonyl (C=O) groups excluding carboxylic acids is 1. The van der Waals surface area contributed by atoms with Crippen LogP contribution in [0.5, 0.6) is 0 Å². The Morgan fingerprint density at radius 2 is 2.37 bits per heavy atom. The fraction of sp³-hybridized carbons (Fsp3) is 0.750. The number of nitrogens with two attached hydrogens (primary N) is 1. The Kier molecular flexibility index (Phi) is 4.49. The fourth-order valence-electron chi connectivity index (χ4n) is 2.20. The summed E-state index contributed by atoms with van der Waals surface area (Å²) in [7, 11) is 0. The van der Waals surface area contributed by atoms with Gasteiger partial charge < -0.3 is 15.0 Å². The van der Waals surface area contributed by atoms with Crippen molar-refractivity contribution in [2.24, 2.45) is 11.7 Å². The number of nitrogens with zero attached hydrogens (tertiary/aromatic N) is 3. The smallest absolute Gasteiger partial charge is 0.290 e. The lowest BCUT2D eigenvalue weighted by molar-refractivity contribution is -0.0424. The highest BCUT2D eigenvalue weighted by Crippen LogP contribution is 2.15. The van der Waals surface area contributed by atoms with Gasteiger partial charge in [-0.1, -0.05) is 19.0 Å². The molecule has 7 heteroatoms. The van der Waals surface area contributed by atoms with E-state index in [9.17, 15) is 4.79 Å². The van der Waals surface area contributed by atoms with E-state index in [1.807, 2.05) is 0 Å². The van der Waals surface area contributed by atoms with E-state index in [2.05, 4.69) is 28.9 Å². The molecule has 19 heavy (non-hydrogen) atoms. The van der Waals surface area contributed by atoms with Crippen LogP contribution in [0.2, 0.25) is 0 Å². The molecule has 1 aromatic heterocycles. The molecule has 2 rings (SSSR count). The second kappa shape index (κ2) is 6.12. The summed E-state index contributed by atoms with van der Waals surface area (Å²) >= 11 is 0. The van der Waals surface area contributed by atoms with Crippen molar-refractivity contribution in [1.29, 1.82) is 0 Å². The molecule has 1 atom stereocenters. The molecule has 7 nitrogen and oxygen atoms in total. The standard InChI is InChI=1S/C12H20N4O3/c1-8(2)5-9-6-16(3-4-18-9)7-10-14-12(11(13)17)15-19-10/h8-9H,3-7H2,1-2H3,(H2,13,17). The second-order valence-corrected chi connectivity index (χ2v) is 5.23. The summed E-state index contributed by atoms with van der Waals surface area (Å²) in [5, 5.41) is 3.53. The number of ether oxygens (including phenoxy) is 1. The molecule has 1 aromatic rings. The monoisotopic (exact) mass is 268 g/mol. The number of rotatable bonds is 5. The molecular formula is C12H20N4O3. The minimum Gasteiger partial charge on any atom is -0.376 e. The molecule has 0 aliphatic carbocycles. The largest absolute Gasteiger partial charge is 0.376 e. The molecule has 1 aliphatic rings. The van der Waals surface area contributed by atoms with E-state index in [4.69, 9.17) is 15.0 Å². The minimum atomic E-state index is -0.672. The van der Waals surface area contributed by atoms with Crippen LogP contribution in [0.15, 0.2) is 4.52 Å². The maximum absolute atomic E-state index is 10.9.